The highest BCUT2D eigenvalue weighted by Crippen LogP contribution is 2.19. The molecule has 0 aliphatic carbocycles. The maximum absolute atomic E-state index is 13.0. The summed E-state index contributed by atoms with van der Waals surface area (Å²) >= 11 is 0. The van der Waals surface area contributed by atoms with Crippen molar-refractivity contribution >= 4 is 21.5 Å². The molecule has 0 atom stereocenters. The molecule has 3 rings (SSSR count). The molecule has 1 aliphatic rings. The molecule has 35 heavy (non-hydrogen) atoms. The van der Waals surface area contributed by atoms with E-state index in [2.05, 4.69) is 22.2 Å². The van der Waals surface area contributed by atoms with Gasteiger partial charge >= 0.3 is 0 Å². The molecular formula is C27H37N3O4S. The Labute approximate surface area is 209 Å². The average Bonchev–Trinajstić information content (AvgIpc) is 2.86. The lowest BCUT2D eigenvalue weighted by Crippen LogP contribution is -2.48. The van der Waals surface area contributed by atoms with E-state index < -0.39 is 9.84 Å². The lowest BCUT2D eigenvalue weighted by Gasteiger charge is -2.38. The fourth-order valence-electron chi connectivity index (χ4n) is 4.50. The maximum atomic E-state index is 13.0. The number of likely N-dealkylation sites (N-methyl/N-ethyl adjacent to an activating group) is 1. The largest absolute Gasteiger partial charge is 0.396 e. The Bertz CT molecular complexity index is 1080. The highest BCUT2D eigenvalue weighted by atomic mass is 32.2. The van der Waals surface area contributed by atoms with Crippen LogP contribution in [0, 0.1) is 0 Å². The smallest absolute Gasteiger partial charge is 0.227 e. The highest BCUT2D eigenvalue weighted by Gasteiger charge is 2.27. The van der Waals surface area contributed by atoms with Crippen LogP contribution >= 0.6 is 0 Å². The van der Waals surface area contributed by atoms with Gasteiger partial charge < -0.3 is 14.6 Å². The van der Waals surface area contributed by atoms with Crippen molar-refractivity contribution in [1.82, 2.24) is 9.80 Å². The molecule has 190 valence electrons. The minimum Gasteiger partial charge on any atom is -0.396 e. The van der Waals surface area contributed by atoms with Crippen molar-refractivity contribution in [2.24, 2.45) is 5.16 Å². The zero-order valence-electron chi connectivity index (χ0n) is 21.0. The van der Waals surface area contributed by atoms with Crippen molar-refractivity contribution in [3.05, 3.63) is 65.7 Å². The predicted molar refractivity (Wildman–Crippen MR) is 139 cm³/mol. The normalized spacial score (nSPS) is 15.7. The fraction of sp³-hybridized carbons (Fsp3) is 0.481. The minimum absolute atomic E-state index is 0.0910. The molecular weight excluding hydrogens is 462 g/mol. The number of nitrogens with zero attached hydrogens (tertiary/aromatic N) is 3. The number of hydrogen-bond acceptors (Lipinski definition) is 6. The Morgan fingerprint density at radius 1 is 1.06 bits per heavy atom. The first-order valence-corrected chi connectivity index (χ1v) is 14.3. The predicted octanol–water partition coefficient (Wildman–Crippen LogP) is 3.78. The van der Waals surface area contributed by atoms with Crippen LogP contribution in [0.5, 0.6) is 0 Å². The van der Waals surface area contributed by atoms with Crippen LogP contribution in [0.15, 0.2) is 64.6 Å². The molecule has 1 aliphatic heterocycles. The van der Waals surface area contributed by atoms with Crippen molar-refractivity contribution in [2.45, 2.75) is 50.5 Å². The van der Waals surface area contributed by atoms with Gasteiger partial charge in [-0.05, 0) is 49.9 Å². The number of rotatable bonds is 11. The van der Waals surface area contributed by atoms with Crippen molar-refractivity contribution in [3.63, 3.8) is 0 Å². The SMILES string of the molecule is CCO/N=C(\CCN1CCC(N(CC)C(=O)Cc2ccc(S(C)(=O)=O)cc2)CC1)c1ccccc1. The second-order valence-electron chi connectivity index (χ2n) is 8.92. The van der Waals surface area contributed by atoms with Gasteiger partial charge in [0.05, 0.1) is 17.0 Å². The first-order chi connectivity index (χ1) is 16.8. The molecule has 0 unspecified atom stereocenters. The number of benzene rings is 2. The molecule has 2 aromatic carbocycles. The van der Waals surface area contributed by atoms with Gasteiger partial charge in [0.2, 0.25) is 5.91 Å². The topological polar surface area (TPSA) is 79.3 Å². The van der Waals surface area contributed by atoms with E-state index in [9.17, 15) is 13.2 Å². The molecule has 8 heteroatoms. The van der Waals surface area contributed by atoms with Crippen molar-refractivity contribution in [1.29, 1.82) is 0 Å². The summed E-state index contributed by atoms with van der Waals surface area (Å²) in [6, 6.07) is 17.0. The minimum atomic E-state index is -3.24. The third kappa shape index (κ3) is 7.90. The Hall–Kier alpha value is -2.71. The molecule has 0 radical (unpaired) electrons. The van der Waals surface area contributed by atoms with Gasteiger partial charge in [0.25, 0.3) is 0 Å². The second kappa shape index (κ2) is 12.8. The van der Waals surface area contributed by atoms with Crippen LogP contribution in [0.4, 0.5) is 0 Å². The molecule has 0 N–H and O–H groups in total. The van der Waals surface area contributed by atoms with Crippen LogP contribution in [-0.4, -0.2) is 74.9 Å². The first kappa shape index (κ1) is 26.9. The number of carbonyl (C=O) groups excluding carboxylic acids is 1. The number of sulfone groups is 1. The third-order valence-electron chi connectivity index (χ3n) is 6.44. The monoisotopic (exact) mass is 499 g/mol. The summed E-state index contributed by atoms with van der Waals surface area (Å²) in [5.41, 5.74) is 2.88. The molecule has 0 spiro atoms. The quantitative estimate of drug-likeness (QED) is 0.347. The Morgan fingerprint density at radius 3 is 2.29 bits per heavy atom. The number of carbonyl (C=O) groups is 1. The lowest BCUT2D eigenvalue weighted by atomic mass is 10.0. The van der Waals surface area contributed by atoms with Gasteiger partial charge in [-0.15, -0.1) is 0 Å². The van der Waals surface area contributed by atoms with Crippen molar-refractivity contribution in [2.75, 3.05) is 39.0 Å². The van der Waals surface area contributed by atoms with Crippen LogP contribution < -0.4 is 0 Å². The van der Waals surface area contributed by atoms with E-state index in [0.29, 0.717) is 13.2 Å². The lowest BCUT2D eigenvalue weighted by molar-refractivity contribution is -0.133. The molecule has 0 bridgehead atoms. The molecule has 1 amide bonds. The number of likely N-dealkylation sites (tertiary alicyclic amines) is 1. The number of hydrogen-bond donors (Lipinski definition) is 0. The molecule has 1 heterocycles. The van der Waals surface area contributed by atoms with E-state index in [1.807, 2.05) is 36.9 Å². The summed E-state index contributed by atoms with van der Waals surface area (Å²) in [6.07, 6.45) is 4.17. The van der Waals surface area contributed by atoms with Crippen LogP contribution in [0.2, 0.25) is 0 Å². The van der Waals surface area contributed by atoms with Gasteiger partial charge in [-0.25, -0.2) is 8.42 Å². The van der Waals surface area contributed by atoms with E-state index in [1.165, 1.54) is 6.26 Å². The van der Waals surface area contributed by atoms with Gasteiger partial charge in [-0.3, -0.25) is 4.79 Å². The van der Waals surface area contributed by atoms with E-state index in [-0.39, 0.29) is 23.3 Å². The number of piperidine rings is 1. The van der Waals surface area contributed by atoms with E-state index in [1.54, 1.807) is 24.3 Å². The van der Waals surface area contributed by atoms with E-state index in [0.717, 1.165) is 55.7 Å². The van der Waals surface area contributed by atoms with Gasteiger partial charge in [-0.1, -0.05) is 47.6 Å². The zero-order valence-corrected chi connectivity index (χ0v) is 21.8. The van der Waals surface area contributed by atoms with Crippen molar-refractivity contribution in [3.8, 4) is 0 Å². The van der Waals surface area contributed by atoms with Gasteiger partial charge in [-0.2, -0.15) is 0 Å². The summed E-state index contributed by atoms with van der Waals surface area (Å²) in [6.45, 7) is 7.95. The molecule has 2 aromatic rings. The van der Waals surface area contributed by atoms with Crippen LogP contribution in [0.25, 0.3) is 0 Å². The highest BCUT2D eigenvalue weighted by molar-refractivity contribution is 7.90. The molecule has 1 saturated heterocycles. The standard InChI is InChI=1S/C27H37N3O4S/c1-4-30(27(31)21-22-11-13-25(14-12-22)35(3,32)33)24-15-18-29(19-16-24)20-17-26(28-34-5-2)23-9-7-6-8-10-23/h6-14,24H,4-5,15-21H2,1-3H3/b28-26+. The van der Waals surface area contributed by atoms with Gasteiger partial charge in [0, 0.05) is 44.9 Å². The fourth-order valence-corrected chi connectivity index (χ4v) is 5.13. The summed E-state index contributed by atoms with van der Waals surface area (Å²) in [7, 11) is -3.24. The molecule has 1 fully saturated rings. The average molecular weight is 500 g/mol. The number of oxime groups is 1. The van der Waals surface area contributed by atoms with Crippen LogP contribution in [0.1, 0.15) is 44.2 Å². The zero-order chi connectivity index (χ0) is 25.3. The maximum Gasteiger partial charge on any atom is 0.227 e. The summed E-state index contributed by atoms with van der Waals surface area (Å²) < 4.78 is 23.3. The Kier molecular flexibility index (Phi) is 9.86. The summed E-state index contributed by atoms with van der Waals surface area (Å²) in [5, 5.41) is 4.34. The van der Waals surface area contributed by atoms with Crippen molar-refractivity contribution < 1.29 is 18.0 Å². The Balaban J connectivity index is 1.52. The molecule has 7 nitrogen and oxygen atoms in total. The Morgan fingerprint density at radius 2 is 1.71 bits per heavy atom. The van der Waals surface area contributed by atoms with E-state index >= 15 is 0 Å². The van der Waals surface area contributed by atoms with Crippen LogP contribution in [-0.2, 0) is 25.9 Å². The second-order valence-corrected chi connectivity index (χ2v) is 10.9. The van der Waals surface area contributed by atoms with Gasteiger partial charge in [0.1, 0.15) is 6.61 Å². The summed E-state index contributed by atoms with van der Waals surface area (Å²) in [5.74, 6) is 0.0910. The van der Waals surface area contributed by atoms with E-state index in [4.69, 9.17) is 4.84 Å². The number of amides is 1. The summed E-state index contributed by atoms with van der Waals surface area (Å²) in [4.78, 5) is 23.1. The first-order valence-electron chi connectivity index (χ1n) is 12.4. The molecule has 0 aromatic heterocycles. The van der Waals surface area contributed by atoms with Gasteiger partial charge in [0.15, 0.2) is 9.84 Å². The van der Waals surface area contributed by atoms with Crippen LogP contribution in [0.3, 0.4) is 0 Å². The third-order valence-corrected chi connectivity index (χ3v) is 7.57. The molecule has 0 saturated carbocycles.